The van der Waals surface area contributed by atoms with Crippen molar-refractivity contribution in [3.05, 3.63) is 0 Å². The quantitative estimate of drug-likeness (QED) is 0.578. The first-order chi connectivity index (χ1) is 13.5. The number of piperidine rings is 1. The van der Waals surface area contributed by atoms with E-state index in [-0.39, 0.29) is 18.4 Å². The van der Waals surface area contributed by atoms with Gasteiger partial charge in [0, 0.05) is 13.1 Å². The number of carbonyl (C=O) groups excluding carboxylic acids is 4. The molecule has 2 saturated heterocycles. The van der Waals surface area contributed by atoms with Gasteiger partial charge >= 0.3 is 12.0 Å². The summed E-state index contributed by atoms with van der Waals surface area (Å²) in [4.78, 5) is 52.0. The van der Waals surface area contributed by atoms with Crippen LogP contribution in [0.2, 0.25) is 0 Å². The van der Waals surface area contributed by atoms with Crippen molar-refractivity contribution in [1.29, 1.82) is 0 Å². The Kier molecular flexibility index (Phi) is 5.29. The first-order valence-corrected chi connectivity index (χ1v) is 10.6. The Labute approximate surface area is 164 Å². The highest BCUT2D eigenvalue weighted by atomic mass is 16.5. The molecule has 1 N–H and O–H groups in total. The van der Waals surface area contributed by atoms with Gasteiger partial charge in [-0.3, -0.25) is 19.3 Å². The lowest BCUT2D eigenvalue weighted by Gasteiger charge is -2.41. The number of likely N-dealkylation sites (tertiary alicyclic amines) is 1. The topological polar surface area (TPSA) is 96.0 Å². The van der Waals surface area contributed by atoms with Crippen molar-refractivity contribution in [3.63, 3.8) is 0 Å². The average molecular weight is 391 g/mol. The largest absolute Gasteiger partial charge is 0.454 e. The molecule has 2 aliphatic heterocycles. The summed E-state index contributed by atoms with van der Waals surface area (Å²) < 4.78 is 5.10. The lowest BCUT2D eigenvalue weighted by Crippen LogP contribution is -2.46. The molecule has 2 saturated carbocycles. The Morgan fingerprint density at radius 3 is 2.50 bits per heavy atom. The third-order valence-electron chi connectivity index (χ3n) is 6.99. The second kappa shape index (κ2) is 7.72. The van der Waals surface area contributed by atoms with E-state index in [0.29, 0.717) is 25.3 Å². The highest BCUT2D eigenvalue weighted by molar-refractivity contribution is 6.08. The van der Waals surface area contributed by atoms with E-state index in [1.54, 1.807) is 4.90 Å². The third kappa shape index (κ3) is 3.61. The third-order valence-corrected chi connectivity index (χ3v) is 6.99. The molecule has 0 aromatic carbocycles. The molecule has 2 aliphatic carbocycles. The molecule has 4 aliphatic rings. The van der Waals surface area contributed by atoms with Gasteiger partial charge in [-0.25, -0.2) is 4.79 Å². The van der Waals surface area contributed by atoms with Crippen molar-refractivity contribution in [3.8, 4) is 0 Å². The van der Waals surface area contributed by atoms with Crippen molar-refractivity contribution < 1.29 is 23.9 Å². The fourth-order valence-electron chi connectivity index (χ4n) is 5.37. The van der Waals surface area contributed by atoms with Gasteiger partial charge in [0.25, 0.3) is 11.8 Å². The van der Waals surface area contributed by atoms with E-state index in [1.807, 2.05) is 0 Å². The fraction of sp³-hybridized carbons (Fsp3) is 0.800. The highest BCUT2D eigenvalue weighted by Gasteiger charge is 2.52. The number of urea groups is 1. The van der Waals surface area contributed by atoms with Crippen LogP contribution in [0.15, 0.2) is 0 Å². The molecule has 4 rings (SSSR count). The van der Waals surface area contributed by atoms with Crippen molar-refractivity contribution in [2.75, 3.05) is 26.2 Å². The standard InChI is InChI=1S/C20H29N3O5/c24-16(22-10-7-14-5-1-2-6-15(14)11-22)13-28-17(25)12-23-18(26)20(21-19(23)27)8-3-4-9-20/h14-15H,1-13H2,(H,21,27)/t14-,15-/m1/s1. The van der Waals surface area contributed by atoms with Gasteiger partial charge in [-0.2, -0.15) is 0 Å². The Hall–Kier alpha value is -2.12. The summed E-state index contributed by atoms with van der Waals surface area (Å²) in [6.45, 7) is 0.694. The molecule has 2 atom stereocenters. The predicted molar refractivity (Wildman–Crippen MR) is 99.0 cm³/mol. The van der Waals surface area contributed by atoms with E-state index in [0.717, 1.165) is 36.6 Å². The summed E-state index contributed by atoms with van der Waals surface area (Å²) in [5.74, 6) is 0.0255. The second-order valence-electron chi connectivity index (χ2n) is 8.70. The van der Waals surface area contributed by atoms with Gasteiger partial charge in [-0.1, -0.05) is 32.1 Å². The number of hydrogen-bond donors (Lipinski definition) is 1. The van der Waals surface area contributed by atoms with Crippen LogP contribution in [0.1, 0.15) is 57.8 Å². The van der Waals surface area contributed by atoms with Gasteiger partial charge in [0.15, 0.2) is 6.61 Å². The molecule has 4 amide bonds. The van der Waals surface area contributed by atoms with Crippen molar-refractivity contribution in [2.24, 2.45) is 11.8 Å². The molecule has 0 unspecified atom stereocenters. The molecular formula is C20H29N3O5. The van der Waals surface area contributed by atoms with Crippen LogP contribution in [0.4, 0.5) is 4.79 Å². The number of rotatable bonds is 4. The van der Waals surface area contributed by atoms with Crippen LogP contribution in [0.5, 0.6) is 0 Å². The first kappa shape index (κ1) is 19.2. The van der Waals surface area contributed by atoms with Gasteiger partial charge in [0.05, 0.1) is 0 Å². The molecule has 154 valence electrons. The van der Waals surface area contributed by atoms with Crippen LogP contribution in [-0.2, 0) is 19.1 Å². The number of fused-ring (bicyclic) bond motifs is 1. The maximum atomic E-state index is 12.6. The first-order valence-electron chi connectivity index (χ1n) is 10.6. The summed E-state index contributed by atoms with van der Waals surface area (Å²) in [6.07, 6.45) is 8.96. The Bertz CT molecular complexity index is 673. The van der Waals surface area contributed by atoms with E-state index in [4.69, 9.17) is 4.74 Å². The summed E-state index contributed by atoms with van der Waals surface area (Å²) in [5.41, 5.74) is -0.836. The summed E-state index contributed by atoms with van der Waals surface area (Å²) >= 11 is 0. The molecule has 4 fully saturated rings. The molecule has 1 spiro atoms. The van der Waals surface area contributed by atoms with E-state index in [2.05, 4.69) is 5.32 Å². The van der Waals surface area contributed by atoms with Crippen molar-refractivity contribution in [2.45, 2.75) is 63.3 Å². The highest BCUT2D eigenvalue weighted by Crippen LogP contribution is 2.36. The lowest BCUT2D eigenvalue weighted by atomic mass is 9.75. The van der Waals surface area contributed by atoms with Gasteiger partial charge < -0.3 is 15.0 Å². The van der Waals surface area contributed by atoms with Crippen molar-refractivity contribution in [1.82, 2.24) is 15.1 Å². The van der Waals surface area contributed by atoms with Crippen LogP contribution in [-0.4, -0.2) is 65.4 Å². The summed E-state index contributed by atoms with van der Waals surface area (Å²) in [7, 11) is 0. The normalized spacial score (nSPS) is 29.0. The predicted octanol–water partition coefficient (Wildman–Crippen LogP) is 1.43. The number of amides is 4. The van der Waals surface area contributed by atoms with Gasteiger partial charge in [-0.15, -0.1) is 0 Å². The van der Waals surface area contributed by atoms with Gasteiger partial charge in [0.1, 0.15) is 12.1 Å². The molecule has 0 bridgehead atoms. The second-order valence-corrected chi connectivity index (χ2v) is 8.70. The molecule has 0 aromatic rings. The SMILES string of the molecule is O=C(CN1C(=O)NC2(CCCC2)C1=O)OCC(=O)N1CC[C@H]2CCCC[C@@H]2C1. The maximum absolute atomic E-state index is 12.6. The molecule has 8 heteroatoms. The number of esters is 1. The molecule has 8 nitrogen and oxygen atoms in total. The number of nitrogens with one attached hydrogen (secondary N) is 1. The monoisotopic (exact) mass is 391 g/mol. The minimum absolute atomic E-state index is 0.193. The van der Waals surface area contributed by atoms with Gasteiger partial charge in [0.2, 0.25) is 0 Å². The number of imide groups is 1. The van der Waals surface area contributed by atoms with Gasteiger partial charge in [-0.05, 0) is 37.5 Å². The van der Waals surface area contributed by atoms with Crippen LogP contribution in [0, 0.1) is 11.8 Å². The van der Waals surface area contributed by atoms with E-state index in [1.165, 1.54) is 25.7 Å². The molecule has 2 heterocycles. The Morgan fingerprint density at radius 1 is 1.04 bits per heavy atom. The number of nitrogens with zero attached hydrogens (tertiary/aromatic N) is 2. The number of carbonyl (C=O) groups is 4. The van der Waals surface area contributed by atoms with E-state index in [9.17, 15) is 19.2 Å². The van der Waals surface area contributed by atoms with Crippen LogP contribution < -0.4 is 5.32 Å². The van der Waals surface area contributed by atoms with Crippen LogP contribution >= 0.6 is 0 Å². The van der Waals surface area contributed by atoms with Crippen molar-refractivity contribution >= 4 is 23.8 Å². The summed E-state index contributed by atoms with van der Waals surface area (Å²) in [5, 5.41) is 2.73. The lowest BCUT2D eigenvalue weighted by molar-refractivity contribution is -0.154. The zero-order chi connectivity index (χ0) is 19.7. The smallest absolute Gasteiger partial charge is 0.326 e. The maximum Gasteiger partial charge on any atom is 0.326 e. The molecule has 0 aromatic heterocycles. The Morgan fingerprint density at radius 2 is 1.75 bits per heavy atom. The minimum Gasteiger partial charge on any atom is -0.454 e. The molecule has 28 heavy (non-hydrogen) atoms. The average Bonchev–Trinajstić information content (AvgIpc) is 3.26. The minimum atomic E-state index is -0.836. The zero-order valence-corrected chi connectivity index (χ0v) is 16.3. The van der Waals surface area contributed by atoms with E-state index >= 15 is 0 Å². The molecular weight excluding hydrogens is 362 g/mol. The number of hydrogen-bond acceptors (Lipinski definition) is 5. The van der Waals surface area contributed by atoms with Crippen LogP contribution in [0.25, 0.3) is 0 Å². The fourth-order valence-corrected chi connectivity index (χ4v) is 5.37. The van der Waals surface area contributed by atoms with E-state index < -0.39 is 24.1 Å². The molecule has 0 radical (unpaired) electrons. The van der Waals surface area contributed by atoms with Crippen LogP contribution in [0.3, 0.4) is 0 Å². The zero-order valence-electron chi connectivity index (χ0n) is 16.3. The number of ether oxygens (including phenoxy) is 1. The Balaban J connectivity index is 1.25. The summed E-state index contributed by atoms with van der Waals surface area (Å²) in [6, 6.07) is -0.547.